The Morgan fingerprint density at radius 1 is 0.971 bits per heavy atom. The molecule has 0 saturated heterocycles. The van der Waals surface area contributed by atoms with Gasteiger partial charge in [-0.2, -0.15) is 5.10 Å². The summed E-state index contributed by atoms with van der Waals surface area (Å²) in [6, 6.07) is 21.6. The standard InChI is InChI=1S/C28H27N3O3/c1-19-17-29-31(18-19)23-11-9-21(10-12-23)28(32)30-14-13-22-15-25(33-2)26(34-3)16-24(22)27(30)20-7-5-4-6-8-20/h4-12,15-18,27H,13-14H2,1-3H3. The molecule has 1 amide bonds. The van der Waals surface area contributed by atoms with E-state index in [0.29, 0.717) is 23.6 Å². The average Bonchev–Trinajstić information content (AvgIpc) is 3.33. The van der Waals surface area contributed by atoms with Gasteiger partial charge < -0.3 is 14.4 Å². The molecule has 0 aliphatic carbocycles. The topological polar surface area (TPSA) is 56.6 Å². The van der Waals surface area contributed by atoms with Crippen LogP contribution in [-0.4, -0.2) is 41.4 Å². The number of hydrogen-bond acceptors (Lipinski definition) is 4. The number of methoxy groups -OCH3 is 2. The Hall–Kier alpha value is -4.06. The zero-order chi connectivity index (χ0) is 23.7. The molecule has 6 heteroatoms. The number of fused-ring (bicyclic) bond motifs is 1. The Bertz CT molecular complexity index is 1310. The van der Waals surface area contributed by atoms with Gasteiger partial charge in [0.2, 0.25) is 0 Å². The third-order valence-electron chi connectivity index (χ3n) is 6.34. The van der Waals surface area contributed by atoms with E-state index in [9.17, 15) is 4.79 Å². The van der Waals surface area contributed by atoms with Gasteiger partial charge in [-0.15, -0.1) is 0 Å². The summed E-state index contributed by atoms with van der Waals surface area (Å²) in [5.41, 5.74) is 5.95. The SMILES string of the molecule is COc1cc2c(cc1OC)C(c1ccccc1)N(C(=O)c1ccc(-n3cc(C)cn3)cc1)CC2. The highest BCUT2D eigenvalue weighted by Crippen LogP contribution is 2.41. The van der Waals surface area contributed by atoms with Crippen molar-refractivity contribution in [1.29, 1.82) is 0 Å². The maximum absolute atomic E-state index is 13.8. The number of aromatic nitrogens is 2. The average molecular weight is 454 g/mol. The Morgan fingerprint density at radius 3 is 2.32 bits per heavy atom. The van der Waals surface area contributed by atoms with E-state index in [2.05, 4.69) is 17.2 Å². The summed E-state index contributed by atoms with van der Waals surface area (Å²) >= 11 is 0. The van der Waals surface area contributed by atoms with Crippen molar-refractivity contribution < 1.29 is 14.3 Å². The van der Waals surface area contributed by atoms with Gasteiger partial charge in [0, 0.05) is 18.3 Å². The van der Waals surface area contributed by atoms with Crippen molar-refractivity contribution in [3.63, 3.8) is 0 Å². The van der Waals surface area contributed by atoms with Crippen molar-refractivity contribution in [3.8, 4) is 17.2 Å². The fourth-order valence-corrected chi connectivity index (χ4v) is 4.64. The molecular formula is C28H27N3O3. The number of amides is 1. The van der Waals surface area contributed by atoms with Crippen molar-refractivity contribution in [2.75, 3.05) is 20.8 Å². The van der Waals surface area contributed by atoms with Crippen LogP contribution in [0.5, 0.6) is 11.5 Å². The number of carbonyl (C=O) groups excluding carboxylic acids is 1. The highest BCUT2D eigenvalue weighted by molar-refractivity contribution is 5.95. The molecule has 0 saturated carbocycles. The molecule has 5 rings (SSSR count). The minimum atomic E-state index is -0.217. The van der Waals surface area contributed by atoms with Gasteiger partial charge in [0.1, 0.15) is 0 Å². The van der Waals surface area contributed by atoms with E-state index < -0.39 is 0 Å². The molecule has 0 fully saturated rings. The summed E-state index contributed by atoms with van der Waals surface area (Å²) in [7, 11) is 3.28. The maximum Gasteiger partial charge on any atom is 0.254 e. The van der Waals surface area contributed by atoms with Crippen LogP contribution in [0.1, 0.15) is 38.7 Å². The lowest BCUT2D eigenvalue weighted by atomic mass is 9.87. The minimum absolute atomic E-state index is 0.00233. The van der Waals surface area contributed by atoms with Gasteiger partial charge in [-0.25, -0.2) is 4.68 Å². The molecule has 0 radical (unpaired) electrons. The van der Waals surface area contributed by atoms with E-state index in [0.717, 1.165) is 28.8 Å². The number of ether oxygens (including phenoxy) is 2. The number of carbonyl (C=O) groups is 1. The van der Waals surface area contributed by atoms with Gasteiger partial charge in [-0.05, 0) is 72.0 Å². The zero-order valence-electron chi connectivity index (χ0n) is 19.6. The van der Waals surface area contributed by atoms with Gasteiger partial charge in [-0.3, -0.25) is 4.79 Å². The normalized spacial score (nSPS) is 15.0. The van der Waals surface area contributed by atoms with Crippen LogP contribution in [0.25, 0.3) is 5.69 Å². The number of nitrogens with zero attached hydrogens (tertiary/aromatic N) is 3. The second-order valence-electron chi connectivity index (χ2n) is 8.48. The van der Waals surface area contributed by atoms with E-state index >= 15 is 0 Å². The van der Waals surface area contributed by atoms with Gasteiger partial charge in [0.15, 0.2) is 11.5 Å². The summed E-state index contributed by atoms with van der Waals surface area (Å²) in [6.07, 6.45) is 4.53. The van der Waals surface area contributed by atoms with Crippen LogP contribution in [0.15, 0.2) is 79.1 Å². The highest BCUT2D eigenvalue weighted by atomic mass is 16.5. The second-order valence-corrected chi connectivity index (χ2v) is 8.48. The van der Waals surface area contributed by atoms with Crippen molar-refractivity contribution >= 4 is 5.91 Å². The molecule has 0 bridgehead atoms. The zero-order valence-corrected chi connectivity index (χ0v) is 19.6. The summed E-state index contributed by atoms with van der Waals surface area (Å²) in [6.45, 7) is 2.62. The number of benzene rings is 3. The van der Waals surface area contributed by atoms with Crippen molar-refractivity contribution in [2.24, 2.45) is 0 Å². The Labute approximate surface area is 199 Å². The van der Waals surface area contributed by atoms with Crippen LogP contribution in [0.2, 0.25) is 0 Å². The molecule has 0 N–H and O–H groups in total. The first kappa shape index (κ1) is 21.8. The van der Waals surface area contributed by atoms with E-state index in [1.54, 1.807) is 14.2 Å². The summed E-state index contributed by atoms with van der Waals surface area (Å²) < 4.78 is 12.9. The molecule has 172 valence electrons. The summed E-state index contributed by atoms with van der Waals surface area (Å²) in [4.78, 5) is 15.7. The minimum Gasteiger partial charge on any atom is -0.493 e. The van der Waals surface area contributed by atoms with Crippen molar-refractivity contribution in [1.82, 2.24) is 14.7 Å². The van der Waals surface area contributed by atoms with Crippen LogP contribution in [-0.2, 0) is 6.42 Å². The molecule has 1 aliphatic heterocycles. The lowest BCUT2D eigenvalue weighted by molar-refractivity contribution is 0.0694. The molecule has 2 heterocycles. The van der Waals surface area contributed by atoms with E-state index in [-0.39, 0.29) is 11.9 Å². The van der Waals surface area contributed by atoms with E-state index in [1.165, 1.54) is 5.56 Å². The predicted octanol–water partition coefficient (Wildman–Crippen LogP) is 4.99. The maximum atomic E-state index is 13.8. The van der Waals surface area contributed by atoms with E-state index in [4.69, 9.17) is 9.47 Å². The monoisotopic (exact) mass is 453 g/mol. The lowest BCUT2D eigenvalue weighted by Crippen LogP contribution is -2.40. The first-order valence-electron chi connectivity index (χ1n) is 11.3. The molecule has 0 spiro atoms. The van der Waals surface area contributed by atoms with Crippen LogP contribution < -0.4 is 9.47 Å². The van der Waals surface area contributed by atoms with E-state index in [1.807, 2.05) is 83.5 Å². The molecule has 34 heavy (non-hydrogen) atoms. The van der Waals surface area contributed by atoms with Crippen LogP contribution in [0.3, 0.4) is 0 Å². The number of hydrogen-bond donors (Lipinski definition) is 0. The molecule has 1 aliphatic rings. The van der Waals surface area contributed by atoms with Crippen molar-refractivity contribution in [2.45, 2.75) is 19.4 Å². The van der Waals surface area contributed by atoms with Gasteiger partial charge in [-0.1, -0.05) is 30.3 Å². The molecule has 1 aromatic heterocycles. The van der Waals surface area contributed by atoms with Crippen LogP contribution in [0.4, 0.5) is 0 Å². The largest absolute Gasteiger partial charge is 0.493 e. The molecule has 1 atom stereocenters. The fraction of sp³-hybridized carbons (Fsp3) is 0.214. The Kier molecular flexibility index (Phi) is 5.80. The second kappa shape index (κ2) is 9.06. The number of rotatable bonds is 5. The third-order valence-corrected chi connectivity index (χ3v) is 6.34. The number of aryl methyl sites for hydroxylation is 1. The van der Waals surface area contributed by atoms with Gasteiger partial charge >= 0.3 is 0 Å². The highest BCUT2D eigenvalue weighted by Gasteiger charge is 2.33. The molecule has 3 aromatic carbocycles. The van der Waals surface area contributed by atoms with Crippen LogP contribution in [0, 0.1) is 6.92 Å². The smallest absolute Gasteiger partial charge is 0.254 e. The summed E-state index contributed by atoms with van der Waals surface area (Å²) in [5, 5.41) is 4.36. The fourth-order valence-electron chi connectivity index (χ4n) is 4.64. The first-order valence-corrected chi connectivity index (χ1v) is 11.3. The molecular weight excluding hydrogens is 426 g/mol. The Morgan fingerprint density at radius 2 is 1.68 bits per heavy atom. The van der Waals surface area contributed by atoms with Gasteiger partial charge in [0.05, 0.1) is 32.1 Å². The third kappa shape index (κ3) is 3.92. The molecule has 4 aromatic rings. The van der Waals surface area contributed by atoms with Crippen molar-refractivity contribution in [3.05, 3.63) is 107 Å². The van der Waals surface area contributed by atoms with Crippen LogP contribution >= 0.6 is 0 Å². The summed E-state index contributed by atoms with van der Waals surface area (Å²) in [5.74, 6) is 1.37. The predicted molar refractivity (Wildman–Crippen MR) is 131 cm³/mol. The Balaban J connectivity index is 1.53. The molecule has 1 unspecified atom stereocenters. The quantitative estimate of drug-likeness (QED) is 0.427. The molecule has 6 nitrogen and oxygen atoms in total. The lowest BCUT2D eigenvalue weighted by Gasteiger charge is -2.38. The first-order chi connectivity index (χ1) is 16.6. The van der Waals surface area contributed by atoms with Gasteiger partial charge in [0.25, 0.3) is 5.91 Å².